The molecule has 0 aliphatic carbocycles. The highest BCUT2D eigenvalue weighted by Crippen LogP contribution is 2.43. The van der Waals surface area contributed by atoms with Gasteiger partial charge in [-0.15, -0.1) is 0 Å². The molecule has 0 aliphatic rings. The van der Waals surface area contributed by atoms with Crippen LogP contribution in [-0.4, -0.2) is 73.4 Å². The first-order chi connectivity index (χ1) is 29.5. The van der Waals surface area contributed by atoms with Crippen molar-refractivity contribution in [2.45, 2.75) is 264 Å². The Labute approximate surface area is 379 Å². The van der Waals surface area contributed by atoms with Crippen LogP contribution >= 0.6 is 7.82 Å². The highest BCUT2D eigenvalue weighted by atomic mass is 31.2. The molecule has 1 amide bonds. The highest BCUT2D eigenvalue weighted by Gasteiger charge is 2.27. The molecule has 0 fully saturated rings. The molecule has 0 saturated carbocycles. The molecule has 0 saturated heterocycles. The van der Waals surface area contributed by atoms with Gasteiger partial charge in [-0.2, -0.15) is 0 Å². The number of hydrogen-bond acceptors (Lipinski definition) is 5. The number of amides is 1. The van der Waals surface area contributed by atoms with Crippen molar-refractivity contribution < 1.29 is 32.9 Å². The number of rotatable bonds is 48. The predicted molar refractivity (Wildman–Crippen MR) is 263 cm³/mol. The van der Waals surface area contributed by atoms with Gasteiger partial charge in [-0.3, -0.25) is 13.8 Å². The predicted octanol–water partition coefficient (Wildman–Crippen LogP) is 15.3. The summed E-state index contributed by atoms with van der Waals surface area (Å²) in [6, 6.07) is -0.846. The highest BCUT2D eigenvalue weighted by molar-refractivity contribution is 7.47. The first kappa shape index (κ1) is 60.0. The molecule has 3 atom stereocenters. The van der Waals surface area contributed by atoms with Crippen LogP contribution in [-0.2, 0) is 18.4 Å². The lowest BCUT2D eigenvalue weighted by atomic mass is 10.0. The van der Waals surface area contributed by atoms with Crippen molar-refractivity contribution in [2.24, 2.45) is 0 Å². The van der Waals surface area contributed by atoms with E-state index in [1.54, 1.807) is 6.08 Å². The first-order valence-corrected chi connectivity index (χ1v) is 27.7. The third-order valence-corrected chi connectivity index (χ3v) is 12.9. The Morgan fingerprint density at radius 3 is 1.28 bits per heavy atom. The monoisotopic (exact) mass is 884 g/mol. The van der Waals surface area contributed by atoms with Crippen LogP contribution in [0.15, 0.2) is 24.3 Å². The van der Waals surface area contributed by atoms with Crippen molar-refractivity contribution in [2.75, 3.05) is 40.9 Å². The van der Waals surface area contributed by atoms with Crippen molar-refractivity contribution in [1.29, 1.82) is 0 Å². The molecule has 0 aliphatic heterocycles. The fourth-order valence-electron chi connectivity index (χ4n) is 7.74. The number of phosphoric acid groups is 1. The molecule has 0 rings (SSSR count). The summed E-state index contributed by atoms with van der Waals surface area (Å²) in [7, 11) is 1.58. The minimum Gasteiger partial charge on any atom is -0.387 e. The fraction of sp³-hybridized carbons (Fsp3) is 0.904. The van der Waals surface area contributed by atoms with Crippen molar-refractivity contribution in [3.63, 3.8) is 0 Å². The number of carbonyl (C=O) groups excluding carboxylic acids is 1. The van der Waals surface area contributed by atoms with Crippen LogP contribution in [0, 0.1) is 0 Å². The molecule has 9 heteroatoms. The Balaban J connectivity index is 4.25. The summed E-state index contributed by atoms with van der Waals surface area (Å²) in [5, 5.41) is 13.9. The van der Waals surface area contributed by atoms with E-state index in [-0.39, 0.29) is 19.1 Å². The zero-order valence-corrected chi connectivity index (χ0v) is 42.1. The number of aliphatic hydroxyl groups is 1. The van der Waals surface area contributed by atoms with Crippen molar-refractivity contribution >= 4 is 13.7 Å². The van der Waals surface area contributed by atoms with E-state index in [9.17, 15) is 19.4 Å². The molecular weight excluding hydrogens is 780 g/mol. The second-order valence-electron chi connectivity index (χ2n) is 19.3. The summed E-state index contributed by atoms with van der Waals surface area (Å²) in [6.45, 7) is 4.82. The molecular formula is C52H104N2O6P+. The van der Waals surface area contributed by atoms with Gasteiger partial charge in [0, 0.05) is 6.42 Å². The van der Waals surface area contributed by atoms with Crippen molar-refractivity contribution in [3.05, 3.63) is 24.3 Å². The number of aliphatic hydroxyl groups excluding tert-OH is 1. The van der Waals surface area contributed by atoms with Gasteiger partial charge >= 0.3 is 7.82 Å². The summed E-state index contributed by atoms with van der Waals surface area (Å²) in [5.74, 6) is -0.180. The molecule has 0 radical (unpaired) electrons. The van der Waals surface area contributed by atoms with E-state index in [0.717, 1.165) is 38.5 Å². The minimum absolute atomic E-state index is 0.0620. The molecule has 61 heavy (non-hydrogen) atoms. The molecule has 362 valence electrons. The summed E-state index contributed by atoms with van der Waals surface area (Å²) < 4.78 is 23.6. The summed E-state index contributed by atoms with van der Waals surface area (Å²) in [5.41, 5.74) is 0. The van der Waals surface area contributed by atoms with Gasteiger partial charge in [-0.25, -0.2) is 4.57 Å². The molecule has 3 N–H and O–H groups in total. The van der Waals surface area contributed by atoms with Crippen molar-refractivity contribution in [1.82, 2.24) is 5.32 Å². The molecule has 3 unspecified atom stereocenters. The number of carbonyl (C=O) groups is 1. The number of phosphoric ester groups is 1. The third kappa shape index (κ3) is 46.8. The van der Waals surface area contributed by atoms with E-state index in [2.05, 4.69) is 31.3 Å². The van der Waals surface area contributed by atoms with Gasteiger partial charge in [-0.05, 0) is 44.9 Å². The molecule has 0 spiro atoms. The maximum absolute atomic E-state index is 12.9. The lowest BCUT2D eigenvalue weighted by Crippen LogP contribution is -2.45. The SMILES string of the molecule is CCCCCC/C=C\CCCCCCCCCC(=O)NC(COP(=O)(O)OCC[N+](C)(C)C)C(O)/C=C/CCCCCCCCCCCCCCCCCCCCCCCC. The number of quaternary nitrogens is 1. The minimum atomic E-state index is -4.34. The molecule has 0 aromatic heterocycles. The smallest absolute Gasteiger partial charge is 0.387 e. The first-order valence-electron chi connectivity index (χ1n) is 26.2. The van der Waals surface area contributed by atoms with Gasteiger partial charge in [0.05, 0.1) is 39.9 Å². The van der Waals surface area contributed by atoms with E-state index < -0.39 is 20.0 Å². The Kier molecular flexibility index (Phi) is 43.5. The van der Waals surface area contributed by atoms with E-state index in [4.69, 9.17) is 9.05 Å². The van der Waals surface area contributed by atoms with E-state index in [0.29, 0.717) is 17.4 Å². The lowest BCUT2D eigenvalue weighted by Gasteiger charge is -2.25. The van der Waals surface area contributed by atoms with Gasteiger partial charge in [0.2, 0.25) is 5.91 Å². The Morgan fingerprint density at radius 1 is 0.541 bits per heavy atom. The Morgan fingerprint density at radius 2 is 0.885 bits per heavy atom. The van der Waals surface area contributed by atoms with Crippen LogP contribution in [0.5, 0.6) is 0 Å². The van der Waals surface area contributed by atoms with Crippen LogP contribution in [0.4, 0.5) is 0 Å². The van der Waals surface area contributed by atoms with Crippen molar-refractivity contribution in [3.8, 4) is 0 Å². The second kappa shape index (κ2) is 44.2. The van der Waals surface area contributed by atoms with Gasteiger partial charge in [0.25, 0.3) is 0 Å². The van der Waals surface area contributed by atoms with Gasteiger partial charge in [0.15, 0.2) is 0 Å². The second-order valence-corrected chi connectivity index (χ2v) is 20.7. The van der Waals surface area contributed by atoms with E-state index in [1.807, 2.05) is 27.2 Å². The number of allylic oxidation sites excluding steroid dienone is 3. The number of hydrogen-bond donors (Lipinski definition) is 3. The molecule has 0 aromatic carbocycles. The topological polar surface area (TPSA) is 105 Å². The van der Waals surface area contributed by atoms with E-state index >= 15 is 0 Å². The number of nitrogens with zero attached hydrogens (tertiary/aromatic N) is 1. The number of likely N-dealkylation sites (N-methyl/N-ethyl adjacent to an activating group) is 1. The zero-order chi connectivity index (χ0) is 45.0. The van der Waals surface area contributed by atoms with Gasteiger partial charge in [0.1, 0.15) is 13.2 Å². The standard InChI is InChI=1S/C52H103N2O6P/c1-6-8-10-12-14-16-18-20-22-23-24-25-26-27-28-29-30-32-33-35-37-39-41-43-45-51(55)50(49-60-61(57,58)59-48-47-54(3,4)5)53-52(56)46-44-42-40-38-36-34-31-21-19-17-15-13-11-9-7-2/h17,19,43,45,50-51,55H,6-16,18,20-42,44,46-49H2,1-5H3,(H-,53,56,57,58)/p+1/b19-17-,45-43+. The fourth-order valence-corrected chi connectivity index (χ4v) is 8.48. The summed E-state index contributed by atoms with van der Waals surface area (Å²) in [4.78, 5) is 23.2. The summed E-state index contributed by atoms with van der Waals surface area (Å²) in [6.07, 6.45) is 54.0. The molecule has 0 aromatic rings. The quantitative estimate of drug-likeness (QED) is 0.0243. The van der Waals surface area contributed by atoms with Crippen LogP contribution in [0.1, 0.15) is 251 Å². The largest absolute Gasteiger partial charge is 0.472 e. The summed E-state index contributed by atoms with van der Waals surface area (Å²) >= 11 is 0. The van der Waals surface area contributed by atoms with Crippen LogP contribution < -0.4 is 5.32 Å². The van der Waals surface area contributed by atoms with Gasteiger partial charge in [-0.1, -0.05) is 224 Å². The lowest BCUT2D eigenvalue weighted by molar-refractivity contribution is -0.870. The average Bonchev–Trinajstić information content (AvgIpc) is 3.21. The zero-order valence-electron chi connectivity index (χ0n) is 41.2. The van der Waals surface area contributed by atoms with Gasteiger partial charge < -0.3 is 19.8 Å². The van der Waals surface area contributed by atoms with Crippen LogP contribution in [0.3, 0.4) is 0 Å². The number of nitrogens with one attached hydrogen (secondary N) is 1. The third-order valence-electron chi connectivity index (χ3n) is 11.9. The molecule has 0 bridgehead atoms. The maximum Gasteiger partial charge on any atom is 0.472 e. The Hall–Kier alpha value is -1.02. The normalized spacial score (nSPS) is 14.3. The molecule has 8 nitrogen and oxygen atoms in total. The van der Waals surface area contributed by atoms with Crippen LogP contribution in [0.25, 0.3) is 0 Å². The maximum atomic E-state index is 12.9. The van der Waals surface area contributed by atoms with Crippen LogP contribution in [0.2, 0.25) is 0 Å². The molecule has 0 heterocycles. The number of unbranched alkanes of at least 4 members (excludes halogenated alkanes) is 33. The Bertz CT molecular complexity index is 1050. The van der Waals surface area contributed by atoms with E-state index in [1.165, 1.54) is 193 Å². The average molecular weight is 884 g/mol.